The molecule has 2 aromatic rings. The topological polar surface area (TPSA) is 66.5 Å². The molecule has 29 heavy (non-hydrogen) atoms. The van der Waals surface area contributed by atoms with Gasteiger partial charge < -0.3 is 5.32 Å². The van der Waals surface area contributed by atoms with Gasteiger partial charge in [-0.1, -0.05) is 17.7 Å². The van der Waals surface area contributed by atoms with Crippen LogP contribution in [0.5, 0.6) is 0 Å². The van der Waals surface area contributed by atoms with Gasteiger partial charge in [0.25, 0.3) is 0 Å². The van der Waals surface area contributed by atoms with Crippen molar-refractivity contribution in [3.63, 3.8) is 0 Å². The molecule has 5 nitrogen and oxygen atoms in total. The van der Waals surface area contributed by atoms with Gasteiger partial charge in [-0.25, -0.2) is 17.2 Å². The second-order valence-electron chi connectivity index (χ2n) is 7.52. The van der Waals surface area contributed by atoms with Crippen molar-refractivity contribution in [1.82, 2.24) is 4.31 Å². The number of hydrogen-bond acceptors (Lipinski definition) is 3. The van der Waals surface area contributed by atoms with Crippen molar-refractivity contribution < 1.29 is 22.0 Å². The Balaban J connectivity index is 1.67. The van der Waals surface area contributed by atoms with Crippen molar-refractivity contribution in [1.29, 1.82) is 0 Å². The first-order valence-corrected chi connectivity index (χ1v) is 10.9. The molecule has 1 fully saturated rings. The molecule has 0 aromatic heterocycles. The predicted octanol–water partition coefficient (Wildman–Crippen LogP) is 3.93. The van der Waals surface area contributed by atoms with Gasteiger partial charge in [0.15, 0.2) is 11.6 Å². The summed E-state index contributed by atoms with van der Waals surface area (Å²) in [4.78, 5) is 12.4. The van der Waals surface area contributed by atoms with Crippen LogP contribution in [0.25, 0.3) is 0 Å². The van der Waals surface area contributed by atoms with E-state index in [0.717, 1.165) is 34.5 Å². The number of piperidine rings is 1. The van der Waals surface area contributed by atoms with Gasteiger partial charge in [0.1, 0.15) is 0 Å². The van der Waals surface area contributed by atoms with E-state index in [2.05, 4.69) is 5.32 Å². The fourth-order valence-electron chi connectivity index (χ4n) is 3.75. The van der Waals surface area contributed by atoms with Crippen LogP contribution in [-0.2, 0) is 14.8 Å². The van der Waals surface area contributed by atoms with E-state index in [0.29, 0.717) is 18.9 Å². The SMILES string of the molecule is Cc1cc(C)c(NC(=O)C2CCN(S(=O)(=O)c3ccc(F)c(F)c3)CC2)c(C)c1. The Hall–Kier alpha value is -2.32. The molecule has 0 saturated carbocycles. The number of halogens is 2. The van der Waals surface area contributed by atoms with Gasteiger partial charge in [-0.2, -0.15) is 4.31 Å². The highest BCUT2D eigenvalue weighted by molar-refractivity contribution is 7.89. The zero-order valence-electron chi connectivity index (χ0n) is 16.6. The standard InChI is InChI=1S/C21H24F2N2O3S/c1-13-10-14(2)20(15(3)11-13)24-21(26)16-6-8-25(9-7-16)29(27,28)17-4-5-18(22)19(23)12-17/h4-5,10-12,16H,6-9H2,1-3H3,(H,24,26). The van der Waals surface area contributed by atoms with Crippen LogP contribution >= 0.6 is 0 Å². The van der Waals surface area contributed by atoms with Crippen molar-refractivity contribution in [3.05, 3.63) is 58.7 Å². The number of rotatable bonds is 4. The van der Waals surface area contributed by atoms with Gasteiger partial charge in [-0.05, 0) is 62.9 Å². The predicted molar refractivity (Wildman–Crippen MR) is 107 cm³/mol. The number of nitrogens with zero attached hydrogens (tertiary/aromatic N) is 1. The number of nitrogens with one attached hydrogen (secondary N) is 1. The largest absolute Gasteiger partial charge is 0.325 e. The summed E-state index contributed by atoms with van der Waals surface area (Å²) in [6.45, 7) is 6.16. The van der Waals surface area contributed by atoms with E-state index >= 15 is 0 Å². The van der Waals surface area contributed by atoms with Gasteiger partial charge in [0.2, 0.25) is 15.9 Å². The van der Waals surface area contributed by atoms with Crippen molar-refractivity contribution >= 4 is 21.6 Å². The molecule has 0 aliphatic carbocycles. The third-order valence-electron chi connectivity index (χ3n) is 5.28. The Bertz CT molecular complexity index is 1020. The summed E-state index contributed by atoms with van der Waals surface area (Å²) in [5.74, 6) is -2.75. The number of carbonyl (C=O) groups excluding carboxylic acids is 1. The first-order valence-electron chi connectivity index (χ1n) is 9.43. The van der Waals surface area contributed by atoms with Crippen LogP contribution in [0.1, 0.15) is 29.5 Å². The normalized spacial score (nSPS) is 16.0. The molecule has 1 heterocycles. The van der Waals surface area contributed by atoms with Gasteiger partial charge in [0.05, 0.1) is 4.90 Å². The Labute approximate surface area is 169 Å². The third kappa shape index (κ3) is 4.48. The summed E-state index contributed by atoms with van der Waals surface area (Å²) in [6, 6.07) is 6.54. The average Bonchev–Trinajstić information content (AvgIpc) is 2.66. The van der Waals surface area contributed by atoms with Crippen molar-refractivity contribution in [2.24, 2.45) is 5.92 Å². The zero-order valence-corrected chi connectivity index (χ0v) is 17.4. The number of amides is 1. The Morgan fingerprint density at radius 2 is 1.59 bits per heavy atom. The van der Waals surface area contributed by atoms with E-state index in [1.165, 1.54) is 4.31 Å². The molecule has 0 radical (unpaired) electrons. The maximum absolute atomic E-state index is 13.4. The van der Waals surface area contributed by atoms with Crippen LogP contribution in [0.15, 0.2) is 35.2 Å². The summed E-state index contributed by atoms with van der Waals surface area (Å²) in [7, 11) is -3.93. The highest BCUT2D eigenvalue weighted by Gasteiger charge is 2.32. The highest BCUT2D eigenvalue weighted by atomic mass is 32.2. The molecule has 1 N–H and O–H groups in total. The lowest BCUT2D eigenvalue weighted by molar-refractivity contribution is -0.120. The van der Waals surface area contributed by atoms with Gasteiger partial charge in [0, 0.05) is 24.7 Å². The van der Waals surface area contributed by atoms with Crippen molar-refractivity contribution in [3.8, 4) is 0 Å². The van der Waals surface area contributed by atoms with E-state index in [4.69, 9.17) is 0 Å². The Morgan fingerprint density at radius 1 is 1.00 bits per heavy atom. The molecular formula is C21H24F2N2O3S. The van der Waals surface area contributed by atoms with Crippen molar-refractivity contribution in [2.75, 3.05) is 18.4 Å². The maximum Gasteiger partial charge on any atom is 0.243 e. The molecule has 1 aliphatic rings. The van der Waals surface area contributed by atoms with Crippen LogP contribution in [0.3, 0.4) is 0 Å². The molecule has 0 unspecified atom stereocenters. The van der Waals surface area contributed by atoms with Gasteiger partial charge >= 0.3 is 0 Å². The Kier molecular flexibility index (Phi) is 6.05. The summed E-state index contributed by atoms with van der Waals surface area (Å²) in [6.07, 6.45) is 0.720. The lowest BCUT2D eigenvalue weighted by atomic mass is 9.96. The minimum absolute atomic E-state index is 0.134. The van der Waals surface area contributed by atoms with Crippen LogP contribution in [0.4, 0.5) is 14.5 Å². The molecule has 1 aliphatic heterocycles. The minimum Gasteiger partial charge on any atom is -0.325 e. The van der Waals surface area contributed by atoms with Crippen LogP contribution < -0.4 is 5.32 Å². The average molecular weight is 422 g/mol. The molecule has 1 amide bonds. The van der Waals surface area contributed by atoms with Crippen molar-refractivity contribution in [2.45, 2.75) is 38.5 Å². The minimum atomic E-state index is -3.93. The number of carbonyl (C=O) groups is 1. The molecule has 1 saturated heterocycles. The van der Waals surface area contributed by atoms with E-state index in [1.807, 2.05) is 32.9 Å². The summed E-state index contributed by atoms with van der Waals surface area (Å²) in [5, 5.41) is 2.98. The first kappa shape index (κ1) is 21.4. The molecule has 0 atom stereocenters. The second kappa shape index (κ2) is 8.20. The van der Waals surface area contributed by atoms with Crippen LogP contribution in [0, 0.1) is 38.3 Å². The number of benzene rings is 2. The summed E-state index contributed by atoms with van der Waals surface area (Å²) >= 11 is 0. The molecule has 3 rings (SSSR count). The van der Waals surface area contributed by atoms with E-state index in [1.54, 1.807) is 0 Å². The monoisotopic (exact) mass is 422 g/mol. The lowest BCUT2D eigenvalue weighted by Gasteiger charge is -2.30. The molecule has 8 heteroatoms. The fourth-order valence-corrected chi connectivity index (χ4v) is 5.23. The van der Waals surface area contributed by atoms with Crippen LogP contribution in [0.2, 0.25) is 0 Å². The molecule has 0 spiro atoms. The highest BCUT2D eigenvalue weighted by Crippen LogP contribution is 2.27. The Morgan fingerprint density at radius 3 is 2.14 bits per heavy atom. The van der Waals surface area contributed by atoms with E-state index in [-0.39, 0.29) is 29.8 Å². The fraction of sp³-hybridized carbons (Fsp3) is 0.381. The first-order chi connectivity index (χ1) is 13.6. The van der Waals surface area contributed by atoms with E-state index in [9.17, 15) is 22.0 Å². The molecule has 0 bridgehead atoms. The number of hydrogen-bond donors (Lipinski definition) is 1. The summed E-state index contributed by atoms with van der Waals surface area (Å²) in [5.41, 5.74) is 3.87. The summed E-state index contributed by atoms with van der Waals surface area (Å²) < 4.78 is 53.1. The number of sulfonamides is 1. The smallest absolute Gasteiger partial charge is 0.243 e. The third-order valence-corrected chi connectivity index (χ3v) is 7.17. The van der Waals surface area contributed by atoms with E-state index < -0.39 is 21.7 Å². The molecular weight excluding hydrogens is 398 g/mol. The molecule has 156 valence electrons. The number of aryl methyl sites for hydroxylation is 3. The van der Waals surface area contributed by atoms with Crippen LogP contribution in [-0.4, -0.2) is 31.7 Å². The maximum atomic E-state index is 13.4. The van der Waals surface area contributed by atoms with Gasteiger partial charge in [-0.15, -0.1) is 0 Å². The second-order valence-corrected chi connectivity index (χ2v) is 9.46. The zero-order chi connectivity index (χ0) is 21.3. The quantitative estimate of drug-likeness (QED) is 0.812. The lowest BCUT2D eigenvalue weighted by Crippen LogP contribution is -2.41. The number of anilines is 1. The van der Waals surface area contributed by atoms with Gasteiger partial charge in [-0.3, -0.25) is 4.79 Å². The molecule has 2 aromatic carbocycles.